The highest BCUT2D eigenvalue weighted by molar-refractivity contribution is 7.99. The predicted octanol–water partition coefficient (Wildman–Crippen LogP) is 9.77. The maximum atomic E-state index is 13.1. The highest BCUT2D eigenvalue weighted by Crippen LogP contribution is 2.29. The van der Waals surface area contributed by atoms with Crippen LogP contribution in [0.2, 0.25) is 10.0 Å². The van der Waals surface area contributed by atoms with Crippen molar-refractivity contribution in [2.45, 2.75) is 81.7 Å². The standard InChI is InChI=1S/C18H18ClF3N4OS.C17H16ClF3N4OS/c1-2-9-25-11-23-14-15(25)24-17(28-10-3-8-18(20,21)22)26(16(14)27)13-6-4-12(19)5-7-13;1-2-8-24-10-22-13-14(24)23-16(27-9-7-17(19,20)21)25(15(13)26)12-5-3-11(18)4-6-12/h4-7,11H,2-3,8-10H2,1H3;3-6,10H,2,7-9H2,1H3. The van der Waals surface area contributed by atoms with Crippen LogP contribution >= 0.6 is 46.7 Å². The van der Waals surface area contributed by atoms with E-state index < -0.39 is 30.8 Å². The second-order valence-electron chi connectivity index (χ2n) is 12.0. The van der Waals surface area contributed by atoms with Gasteiger partial charge in [0.2, 0.25) is 0 Å². The van der Waals surface area contributed by atoms with Gasteiger partial charge in [-0.05, 0) is 67.8 Å². The largest absolute Gasteiger partial charge is 0.389 e. The molecule has 0 aliphatic heterocycles. The minimum atomic E-state index is -4.27. The maximum Gasteiger partial charge on any atom is 0.389 e. The molecule has 0 saturated heterocycles. The number of benzene rings is 2. The van der Waals surface area contributed by atoms with Gasteiger partial charge in [0.05, 0.1) is 30.5 Å². The SMILES string of the molecule is CCCn1cnc2c(=O)n(-c3ccc(Cl)cc3)c(SCCC(F)(F)F)nc21.CCCn1cnc2c(=O)n(-c3ccc(Cl)cc3)c(SCCCC(F)(F)F)nc21. The summed E-state index contributed by atoms with van der Waals surface area (Å²) in [5.41, 5.74) is 1.44. The van der Waals surface area contributed by atoms with Crippen molar-refractivity contribution in [2.24, 2.45) is 0 Å². The van der Waals surface area contributed by atoms with Gasteiger partial charge in [0.1, 0.15) is 0 Å². The molecule has 0 fully saturated rings. The van der Waals surface area contributed by atoms with Crippen LogP contribution in [0, 0.1) is 0 Å². The zero-order valence-corrected chi connectivity index (χ0v) is 32.5. The molecule has 0 unspecified atom stereocenters. The van der Waals surface area contributed by atoms with Crippen molar-refractivity contribution in [1.82, 2.24) is 38.2 Å². The highest BCUT2D eigenvalue weighted by Gasteiger charge is 2.28. The van der Waals surface area contributed by atoms with Gasteiger partial charge in [-0.1, -0.05) is 60.6 Å². The second kappa shape index (κ2) is 18.3. The van der Waals surface area contributed by atoms with Crippen molar-refractivity contribution in [3.63, 3.8) is 0 Å². The van der Waals surface area contributed by atoms with Crippen LogP contribution in [0.3, 0.4) is 0 Å². The Morgan fingerprint density at radius 1 is 0.618 bits per heavy atom. The van der Waals surface area contributed by atoms with Gasteiger partial charge in [-0.15, -0.1) is 0 Å². The van der Waals surface area contributed by atoms with Gasteiger partial charge < -0.3 is 9.13 Å². The maximum absolute atomic E-state index is 13.1. The summed E-state index contributed by atoms with van der Waals surface area (Å²) >= 11 is 13.8. The minimum Gasteiger partial charge on any atom is -0.315 e. The van der Waals surface area contributed by atoms with Crippen molar-refractivity contribution in [1.29, 1.82) is 0 Å². The van der Waals surface area contributed by atoms with E-state index in [1.807, 2.05) is 13.8 Å². The fourth-order valence-corrected chi connectivity index (χ4v) is 7.46. The normalized spacial score (nSPS) is 12.0. The molecule has 10 nitrogen and oxygen atoms in total. The number of fused-ring (bicyclic) bond motifs is 2. The van der Waals surface area contributed by atoms with Gasteiger partial charge in [-0.25, -0.2) is 19.9 Å². The summed E-state index contributed by atoms with van der Waals surface area (Å²) in [6.07, 6.45) is -5.64. The number of thioether (sulfide) groups is 2. The molecule has 55 heavy (non-hydrogen) atoms. The number of rotatable bonds is 13. The third kappa shape index (κ3) is 10.9. The fraction of sp³-hybridized carbons (Fsp3) is 0.371. The van der Waals surface area contributed by atoms with Crippen LogP contribution in [0.25, 0.3) is 33.7 Å². The average Bonchev–Trinajstić information content (AvgIpc) is 3.72. The summed E-state index contributed by atoms with van der Waals surface area (Å²) < 4.78 is 81.1. The fourth-order valence-electron chi connectivity index (χ4n) is 5.29. The second-order valence-corrected chi connectivity index (χ2v) is 15.0. The first-order chi connectivity index (χ1) is 26.1. The van der Waals surface area contributed by atoms with E-state index in [1.54, 1.807) is 64.0 Å². The Morgan fingerprint density at radius 2 is 1.02 bits per heavy atom. The smallest absolute Gasteiger partial charge is 0.315 e. The van der Waals surface area contributed by atoms with E-state index in [4.69, 9.17) is 23.2 Å². The molecule has 4 aromatic heterocycles. The summed E-state index contributed by atoms with van der Waals surface area (Å²) in [5.74, 6) is -0.0517. The molecule has 0 atom stereocenters. The molecule has 0 spiro atoms. The zero-order chi connectivity index (χ0) is 39.9. The van der Waals surface area contributed by atoms with Crippen LogP contribution < -0.4 is 11.1 Å². The Bertz CT molecular complexity index is 2340. The highest BCUT2D eigenvalue weighted by atomic mass is 35.5. The molecule has 0 amide bonds. The number of hydrogen-bond donors (Lipinski definition) is 0. The quantitative estimate of drug-likeness (QED) is 0.0490. The summed E-state index contributed by atoms with van der Waals surface area (Å²) in [5, 5.41) is 1.52. The van der Waals surface area contributed by atoms with E-state index in [0.29, 0.717) is 51.0 Å². The van der Waals surface area contributed by atoms with Crippen molar-refractivity contribution in [3.8, 4) is 11.4 Å². The molecule has 294 valence electrons. The topological polar surface area (TPSA) is 105 Å². The third-order valence-electron chi connectivity index (χ3n) is 7.77. The molecule has 0 aliphatic rings. The molecule has 0 aliphatic carbocycles. The van der Waals surface area contributed by atoms with Gasteiger partial charge in [0.15, 0.2) is 32.6 Å². The van der Waals surface area contributed by atoms with Gasteiger partial charge in [0.25, 0.3) is 11.1 Å². The van der Waals surface area contributed by atoms with Crippen LogP contribution in [-0.4, -0.2) is 62.1 Å². The van der Waals surface area contributed by atoms with Gasteiger partial charge in [-0.3, -0.25) is 18.7 Å². The van der Waals surface area contributed by atoms with Crippen LogP contribution in [0.4, 0.5) is 26.3 Å². The molecular weight excluding hydrogens is 813 g/mol. The van der Waals surface area contributed by atoms with Crippen molar-refractivity contribution < 1.29 is 26.3 Å². The molecular formula is C35H34Cl2F6N8O2S2. The van der Waals surface area contributed by atoms with Gasteiger partial charge in [-0.2, -0.15) is 26.3 Å². The monoisotopic (exact) mass is 846 g/mol. The molecule has 0 bridgehead atoms. The summed E-state index contributed by atoms with van der Waals surface area (Å²) in [6.45, 7) is 5.22. The molecule has 20 heteroatoms. The lowest BCUT2D eigenvalue weighted by Crippen LogP contribution is -2.22. The summed E-state index contributed by atoms with van der Waals surface area (Å²) in [6, 6.07) is 13.1. The minimum absolute atomic E-state index is 0.0586. The summed E-state index contributed by atoms with van der Waals surface area (Å²) in [4.78, 5) is 43.4. The number of imidazole rings is 2. The van der Waals surface area contributed by atoms with E-state index in [1.165, 1.54) is 15.5 Å². The van der Waals surface area contributed by atoms with E-state index in [9.17, 15) is 35.9 Å². The molecule has 2 aromatic carbocycles. The molecule has 6 aromatic rings. The Hall–Kier alpha value is -4.00. The lowest BCUT2D eigenvalue weighted by molar-refractivity contribution is -0.134. The number of nitrogens with zero attached hydrogens (tertiary/aromatic N) is 8. The summed E-state index contributed by atoms with van der Waals surface area (Å²) in [7, 11) is 0. The van der Waals surface area contributed by atoms with E-state index >= 15 is 0 Å². The Balaban J connectivity index is 0.000000211. The van der Waals surface area contributed by atoms with Crippen molar-refractivity contribution in [2.75, 3.05) is 11.5 Å². The first-order valence-electron chi connectivity index (χ1n) is 17.0. The molecule has 0 radical (unpaired) electrons. The molecule has 6 rings (SSSR count). The van der Waals surface area contributed by atoms with Gasteiger partial charge in [0, 0.05) is 41.1 Å². The number of hydrogen-bond acceptors (Lipinski definition) is 8. The van der Waals surface area contributed by atoms with E-state index in [0.717, 1.165) is 36.4 Å². The number of halogens is 8. The van der Waals surface area contributed by atoms with Crippen LogP contribution in [0.1, 0.15) is 46.0 Å². The zero-order valence-electron chi connectivity index (χ0n) is 29.4. The molecule has 4 heterocycles. The lowest BCUT2D eigenvalue weighted by Gasteiger charge is -2.13. The van der Waals surface area contributed by atoms with Crippen LogP contribution in [0.5, 0.6) is 0 Å². The average molecular weight is 848 g/mol. The number of alkyl halides is 6. The van der Waals surface area contributed by atoms with Crippen molar-refractivity contribution >= 4 is 69.1 Å². The Morgan fingerprint density at radius 3 is 1.40 bits per heavy atom. The lowest BCUT2D eigenvalue weighted by atomic mass is 10.3. The Kier molecular flexibility index (Phi) is 14.0. The first-order valence-corrected chi connectivity index (χ1v) is 19.7. The van der Waals surface area contributed by atoms with Gasteiger partial charge >= 0.3 is 12.4 Å². The predicted molar refractivity (Wildman–Crippen MR) is 204 cm³/mol. The third-order valence-corrected chi connectivity index (χ3v) is 10.2. The molecule has 0 saturated carbocycles. The van der Waals surface area contributed by atoms with E-state index in [2.05, 4.69) is 19.9 Å². The van der Waals surface area contributed by atoms with E-state index in [-0.39, 0.29) is 39.7 Å². The van der Waals surface area contributed by atoms with Crippen molar-refractivity contribution in [3.05, 3.63) is 91.9 Å². The first kappa shape index (κ1) is 42.1. The van der Waals surface area contributed by atoms with Crippen LogP contribution in [-0.2, 0) is 13.1 Å². The molecule has 0 N–H and O–H groups in total. The Labute approximate surface area is 328 Å². The van der Waals surface area contributed by atoms with Crippen LogP contribution in [0.15, 0.2) is 81.1 Å². The number of aromatic nitrogens is 8. The number of aryl methyl sites for hydroxylation is 2.